The largest absolute Gasteiger partial charge is 0.462 e. The molecule has 0 bridgehead atoms. The molecule has 5 rings (SSSR count). The molecular weight excluding hydrogens is 532 g/mol. The van der Waals surface area contributed by atoms with Crippen LogP contribution in [0.5, 0.6) is 0 Å². The van der Waals surface area contributed by atoms with E-state index in [4.69, 9.17) is 14.2 Å². The molecule has 0 spiro atoms. The zero-order valence-electron chi connectivity index (χ0n) is 27.3. The molecule has 7 heteroatoms. The van der Waals surface area contributed by atoms with Crippen LogP contribution in [0, 0.1) is 50.7 Å². The lowest BCUT2D eigenvalue weighted by Gasteiger charge is -2.72. The number of hydrogen-bond donors (Lipinski definition) is 0. The molecule has 0 radical (unpaired) electrons. The van der Waals surface area contributed by atoms with E-state index < -0.39 is 24.1 Å². The molecular formula is C35H52O7. The van der Waals surface area contributed by atoms with Crippen LogP contribution in [-0.4, -0.2) is 36.6 Å². The Hall–Kier alpha value is -2.18. The molecule has 8 atom stereocenters. The van der Waals surface area contributed by atoms with Gasteiger partial charge in [-0.05, 0) is 102 Å². The van der Waals surface area contributed by atoms with Crippen molar-refractivity contribution < 1.29 is 33.4 Å². The second kappa shape index (κ2) is 10.2. The first-order valence-electron chi connectivity index (χ1n) is 16.2. The number of fused-ring (bicyclic) bond motifs is 7. The smallest absolute Gasteiger partial charge is 0.319 e. The summed E-state index contributed by atoms with van der Waals surface area (Å²) in [5, 5.41) is 0. The molecule has 42 heavy (non-hydrogen) atoms. The first-order valence-corrected chi connectivity index (χ1v) is 16.2. The number of ether oxygens (including phenoxy) is 3. The van der Waals surface area contributed by atoms with E-state index in [9.17, 15) is 19.2 Å². The third-order valence-corrected chi connectivity index (χ3v) is 13.5. The van der Waals surface area contributed by atoms with E-state index in [1.165, 1.54) is 13.8 Å². The van der Waals surface area contributed by atoms with Crippen LogP contribution < -0.4 is 0 Å². The van der Waals surface area contributed by atoms with Gasteiger partial charge in [-0.2, -0.15) is 0 Å². The molecule has 0 aromatic heterocycles. The maximum atomic E-state index is 13.8. The van der Waals surface area contributed by atoms with E-state index in [0.29, 0.717) is 18.3 Å². The highest BCUT2D eigenvalue weighted by atomic mass is 16.7. The summed E-state index contributed by atoms with van der Waals surface area (Å²) >= 11 is 0. The minimum Gasteiger partial charge on any atom is -0.462 e. The Morgan fingerprint density at radius 2 is 1.50 bits per heavy atom. The number of esters is 3. The molecule has 234 valence electrons. The van der Waals surface area contributed by atoms with Crippen LogP contribution in [-0.2, 0) is 33.4 Å². The Balaban J connectivity index is 1.53. The summed E-state index contributed by atoms with van der Waals surface area (Å²) < 4.78 is 16.4. The molecule has 4 saturated carbocycles. The summed E-state index contributed by atoms with van der Waals surface area (Å²) in [4.78, 5) is 50.8. The fraction of sp³-hybridized carbons (Fsp3) is 0.829. The lowest BCUT2D eigenvalue weighted by molar-refractivity contribution is -0.233. The first-order chi connectivity index (χ1) is 19.5. The highest BCUT2D eigenvalue weighted by Crippen LogP contribution is 2.76. The highest BCUT2D eigenvalue weighted by Gasteiger charge is 2.71. The molecule has 5 aliphatic rings. The van der Waals surface area contributed by atoms with Crippen molar-refractivity contribution in [3.05, 3.63) is 11.1 Å². The van der Waals surface area contributed by atoms with E-state index in [1.54, 1.807) is 0 Å². The van der Waals surface area contributed by atoms with Crippen molar-refractivity contribution in [2.24, 2.45) is 50.7 Å². The molecule has 0 heterocycles. The number of hydrogen-bond acceptors (Lipinski definition) is 7. The van der Waals surface area contributed by atoms with Gasteiger partial charge < -0.3 is 14.2 Å². The van der Waals surface area contributed by atoms with Gasteiger partial charge in [0.15, 0.2) is 5.78 Å². The second-order valence-corrected chi connectivity index (χ2v) is 15.9. The molecule has 0 N–H and O–H groups in total. The maximum absolute atomic E-state index is 13.8. The number of ketones is 1. The molecule has 0 aliphatic heterocycles. The Bertz CT molecular complexity index is 1210. The summed E-state index contributed by atoms with van der Waals surface area (Å²) in [6, 6.07) is 0. The van der Waals surface area contributed by atoms with Gasteiger partial charge in [0.1, 0.15) is 6.10 Å². The Labute approximate surface area is 251 Å². The molecule has 0 amide bonds. The van der Waals surface area contributed by atoms with Gasteiger partial charge in [0.2, 0.25) is 6.79 Å². The van der Waals surface area contributed by atoms with E-state index in [2.05, 4.69) is 48.5 Å². The van der Waals surface area contributed by atoms with Crippen molar-refractivity contribution in [1.29, 1.82) is 0 Å². The van der Waals surface area contributed by atoms with Crippen LogP contribution in [0.3, 0.4) is 0 Å². The monoisotopic (exact) mass is 584 g/mol. The summed E-state index contributed by atoms with van der Waals surface area (Å²) in [5.41, 5.74) is 0.904. The Morgan fingerprint density at radius 1 is 0.810 bits per heavy atom. The number of rotatable bonds is 5. The third-order valence-electron chi connectivity index (χ3n) is 13.5. The molecule has 0 aromatic carbocycles. The van der Waals surface area contributed by atoms with Gasteiger partial charge in [-0.1, -0.05) is 48.5 Å². The topological polar surface area (TPSA) is 96.0 Å². The zero-order chi connectivity index (χ0) is 31.0. The van der Waals surface area contributed by atoms with Gasteiger partial charge >= 0.3 is 17.9 Å². The minimum absolute atomic E-state index is 0.0223. The summed E-state index contributed by atoms with van der Waals surface area (Å²) in [6.07, 6.45) is 7.66. The summed E-state index contributed by atoms with van der Waals surface area (Å²) in [7, 11) is 0. The lowest BCUT2D eigenvalue weighted by Crippen LogP contribution is -2.66. The van der Waals surface area contributed by atoms with Crippen LogP contribution in [0.25, 0.3) is 0 Å². The van der Waals surface area contributed by atoms with Gasteiger partial charge in [-0.15, -0.1) is 0 Å². The van der Waals surface area contributed by atoms with Crippen LogP contribution in [0.15, 0.2) is 11.1 Å². The van der Waals surface area contributed by atoms with E-state index in [0.717, 1.165) is 56.1 Å². The Morgan fingerprint density at radius 3 is 2.12 bits per heavy atom. The van der Waals surface area contributed by atoms with Crippen molar-refractivity contribution >= 4 is 23.7 Å². The quantitative estimate of drug-likeness (QED) is 0.254. The Kier molecular flexibility index (Phi) is 7.58. The van der Waals surface area contributed by atoms with Crippen molar-refractivity contribution in [2.75, 3.05) is 6.79 Å². The van der Waals surface area contributed by atoms with Gasteiger partial charge in [0.25, 0.3) is 0 Å². The van der Waals surface area contributed by atoms with Gasteiger partial charge in [-0.25, -0.2) is 0 Å². The average molecular weight is 585 g/mol. The zero-order valence-corrected chi connectivity index (χ0v) is 27.3. The highest BCUT2D eigenvalue weighted by molar-refractivity contribution is 6.06. The number of allylic oxidation sites excluding steroid dienone is 1. The average Bonchev–Trinajstić information content (AvgIpc) is 3.19. The van der Waals surface area contributed by atoms with E-state index >= 15 is 0 Å². The first kappa shape index (κ1) is 31.3. The van der Waals surface area contributed by atoms with Crippen molar-refractivity contribution in [3.63, 3.8) is 0 Å². The van der Waals surface area contributed by atoms with Gasteiger partial charge in [0.05, 0.1) is 5.41 Å². The molecule has 0 saturated heterocycles. The summed E-state index contributed by atoms with van der Waals surface area (Å²) in [6.45, 7) is 18.6. The fourth-order valence-electron chi connectivity index (χ4n) is 11.6. The van der Waals surface area contributed by atoms with Crippen molar-refractivity contribution in [2.45, 2.75) is 126 Å². The second-order valence-electron chi connectivity index (χ2n) is 15.9. The van der Waals surface area contributed by atoms with E-state index in [-0.39, 0.29) is 57.8 Å². The predicted molar refractivity (Wildman–Crippen MR) is 158 cm³/mol. The lowest BCUT2D eigenvalue weighted by atomic mass is 9.33. The maximum Gasteiger partial charge on any atom is 0.319 e. The van der Waals surface area contributed by atoms with Crippen LogP contribution in [0.2, 0.25) is 0 Å². The van der Waals surface area contributed by atoms with Crippen LogP contribution in [0.1, 0.15) is 120 Å². The fourth-order valence-corrected chi connectivity index (χ4v) is 11.6. The van der Waals surface area contributed by atoms with E-state index in [1.807, 2.05) is 0 Å². The standard InChI is InChI=1S/C35H52O7/c1-20(2)28-24(38)18-35(30(39)41-19-40-21(3)36)17-16-33(8)23(29(28)35)10-11-26-32(7)14-13-27(42-22(4)37)31(5,6)25(32)12-15-34(26,33)9/h20,23,25-27H,10-19H2,1-9H3/t23-,25+,26-,27?,32+,33-,34-,35-/m1/s1. The van der Waals surface area contributed by atoms with Gasteiger partial charge in [0, 0.05) is 25.7 Å². The number of Topliss-reactive ketones (excluding diaryl/α,β-unsaturated/α-hetero) is 1. The number of carbonyl (C=O) groups excluding carboxylic acids is 4. The van der Waals surface area contributed by atoms with Crippen molar-refractivity contribution in [3.8, 4) is 0 Å². The molecule has 5 aliphatic carbocycles. The predicted octanol–water partition coefficient (Wildman–Crippen LogP) is 6.96. The summed E-state index contributed by atoms with van der Waals surface area (Å²) in [5.74, 6) is 0.0727. The van der Waals surface area contributed by atoms with Crippen LogP contribution >= 0.6 is 0 Å². The van der Waals surface area contributed by atoms with Gasteiger partial charge in [-0.3, -0.25) is 19.2 Å². The third kappa shape index (κ3) is 4.25. The van der Waals surface area contributed by atoms with Crippen LogP contribution in [0.4, 0.5) is 0 Å². The number of carbonyl (C=O) groups is 4. The molecule has 0 aromatic rings. The SMILES string of the molecule is CC(=O)OCOC(=O)[C@@]12CC[C@]3(C)[C@H](CC[C@@H]4[C@@]5(C)CCC(OC(C)=O)C(C)(C)[C@@H]5CC[C@]43C)C1=C(C(C)C)C(=O)C2. The molecule has 4 fully saturated rings. The molecule has 7 nitrogen and oxygen atoms in total. The van der Waals surface area contributed by atoms with Crippen molar-refractivity contribution in [1.82, 2.24) is 0 Å². The molecule has 1 unspecified atom stereocenters. The minimum atomic E-state index is -0.963. The normalized spacial score (nSPS) is 42.2.